The van der Waals surface area contributed by atoms with Crippen LogP contribution in [-0.2, 0) is 0 Å². The maximum atomic E-state index is 13.2. The van der Waals surface area contributed by atoms with Crippen molar-refractivity contribution < 1.29 is 4.39 Å². The van der Waals surface area contributed by atoms with Crippen LogP contribution >= 0.6 is 22.9 Å². The summed E-state index contributed by atoms with van der Waals surface area (Å²) >= 11 is 7.48. The zero-order valence-corrected chi connectivity index (χ0v) is 12.0. The smallest absolute Gasteiger partial charge is 0.126 e. The molecule has 0 aliphatic heterocycles. The van der Waals surface area contributed by atoms with Crippen LogP contribution in [0.1, 0.15) is 28.5 Å². The number of nitrogens with one attached hydrogen (secondary N) is 1. The van der Waals surface area contributed by atoms with Gasteiger partial charge in [-0.05, 0) is 39.0 Å². The first-order chi connectivity index (χ1) is 8.45. The summed E-state index contributed by atoms with van der Waals surface area (Å²) in [6.07, 6.45) is 0. The van der Waals surface area contributed by atoms with E-state index >= 15 is 0 Å². The Bertz CT molecular complexity index is 548. The van der Waals surface area contributed by atoms with Crippen LogP contribution < -0.4 is 5.32 Å². The average molecular weight is 285 g/mol. The number of aromatic nitrogens is 1. The highest BCUT2D eigenvalue weighted by Crippen LogP contribution is 2.27. The third kappa shape index (κ3) is 3.00. The molecular formula is C13H14ClFN2S. The summed E-state index contributed by atoms with van der Waals surface area (Å²) in [5, 5.41) is 4.63. The van der Waals surface area contributed by atoms with Gasteiger partial charge in [-0.15, -0.1) is 11.3 Å². The molecular weight excluding hydrogens is 271 g/mol. The van der Waals surface area contributed by atoms with E-state index in [1.165, 1.54) is 17.0 Å². The van der Waals surface area contributed by atoms with Gasteiger partial charge in [0.15, 0.2) is 0 Å². The minimum absolute atomic E-state index is 0.0211. The van der Waals surface area contributed by atoms with E-state index in [2.05, 4.69) is 10.3 Å². The number of hydrogen-bond donors (Lipinski definition) is 1. The molecule has 2 nitrogen and oxygen atoms in total. The topological polar surface area (TPSA) is 24.9 Å². The number of benzene rings is 1. The van der Waals surface area contributed by atoms with Crippen LogP contribution in [0.3, 0.4) is 0 Å². The fraction of sp³-hybridized carbons (Fsp3) is 0.308. The Hall–Kier alpha value is -1.13. The van der Waals surface area contributed by atoms with Gasteiger partial charge >= 0.3 is 0 Å². The zero-order chi connectivity index (χ0) is 13.3. The van der Waals surface area contributed by atoms with E-state index in [-0.39, 0.29) is 11.9 Å². The molecule has 0 spiro atoms. The molecule has 1 aromatic heterocycles. The van der Waals surface area contributed by atoms with Crippen LogP contribution in [0.15, 0.2) is 18.2 Å². The molecule has 0 bridgehead atoms. The molecule has 96 valence electrons. The third-order valence-corrected chi connectivity index (χ3v) is 3.72. The Kier molecular flexibility index (Phi) is 3.88. The van der Waals surface area contributed by atoms with Crippen molar-refractivity contribution in [1.82, 2.24) is 4.98 Å². The monoisotopic (exact) mass is 284 g/mol. The molecule has 5 heteroatoms. The molecule has 1 atom stereocenters. The molecule has 0 aliphatic rings. The molecule has 1 aromatic carbocycles. The van der Waals surface area contributed by atoms with Crippen LogP contribution in [0.4, 0.5) is 10.1 Å². The normalized spacial score (nSPS) is 12.5. The molecule has 1 N–H and O–H groups in total. The van der Waals surface area contributed by atoms with E-state index in [1.807, 2.05) is 20.8 Å². The van der Waals surface area contributed by atoms with Crippen LogP contribution in [0, 0.1) is 19.7 Å². The Morgan fingerprint density at radius 1 is 1.33 bits per heavy atom. The number of anilines is 1. The Labute approximate surface area is 115 Å². The predicted octanol–water partition coefficient (Wildman–Crippen LogP) is 4.73. The average Bonchev–Trinajstić information content (AvgIpc) is 2.56. The first kappa shape index (κ1) is 13.3. The van der Waals surface area contributed by atoms with E-state index in [9.17, 15) is 4.39 Å². The van der Waals surface area contributed by atoms with Gasteiger partial charge in [0.2, 0.25) is 0 Å². The molecule has 0 saturated heterocycles. The number of rotatable bonds is 3. The maximum absolute atomic E-state index is 13.2. The molecule has 18 heavy (non-hydrogen) atoms. The molecule has 0 fully saturated rings. The van der Waals surface area contributed by atoms with E-state index in [0.29, 0.717) is 10.7 Å². The number of halogens is 2. The zero-order valence-electron chi connectivity index (χ0n) is 10.4. The molecule has 2 aromatic rings. The van der Waals surface area contributed by atoms with Crippen LogP contribution in [0.25, 0.3) is 0 Å². The number of thiazole rings is 1. The van der Waals surface area contributed by atoms with Crippen molar-refractivity contribution in [1.29, 1.82) is 0 Å². The molecule has 0 radical (unpaired) electrons. The summed E-state index contributed by atoms with van der Waals surface area (Å²) in [6, 6.07) is 4.44. The van der Waals surface area contributed by atoms with Gasteiger partial charge in [0.25, 0.3) is 0 Å². The van der Waals surface area contributed by atoms with Crippen LogP contribution in [0.5, 0.6) is 0 Å². The Morgan fingerprint density at radius 3 is 2.61 bits per heavy atom. The minimum Gasteiger partial charge on any atom is -0.377 e. The first-order valence-corrected chi connectivity index (χ1v) is 6.81. The fourth-order valence-corrected chi connectivity index (χ4v) is 3.04. The van der Waals surface area contributed by atoms with Gasteiger partial charge in [0.1, 0.15) is 5.82 Å². The van der Waals surface area contributed by atoms with Gasteiger partial charge in [-0.25, -0.2) is 9.37 Å². The number of nitrogens with zero attached hydrogens (tertiary/aromatic N) is 1. The van der Waals surface area contributed by atoms with Crippen LogP contribution in [0.2, 0.25) is 5.02 Å². The quantitative estimate of drug-likeness (QED) is 0.882. The highest BCUT2D eigenvalue weighted by atomic mass is 35.5. The minimum atomic E-state index is -0.344. The van der Waals surface area contributed by atoms with E-state index in [1.54, 1.807) is 17.4 Å². The first-order valence-electron chi connectivity index (χ1n) is 5.62. The van der Waals surface area contributed by atoms with Gasteiger partial charge in [-0.1, -0.05) is 11.6 Å². The van der Waals surface area contributed by atoms with Crippen molar-refractivity contribution >= 4 is 28.6 Å². The van der Waals surface area contributed by atoms with Crippen molar-refractivity contribution in [3.8, 4) is 0 Å². The SMILES string of the molecule is Cc1nc(C(C)Nc2cc(F)cc(Cl)c2)c(C)s1. The van der Waals surface area contributed by atoms with Gasteiger partial charge in [0.05, 0.1) is 16.7 Å². The van der Waals surface area contributed by atoms with E-state index in [0.717, 1.165) is 10.7 Å². The lowest BCUT2D eigenvalue weighted by atomic mass is 10.2. The number of aryl methyl sites for hydroxylation is 2. The second-order valence-corrected chi connectivity index (χ2v) is 6.04. The molecule has 2 rings (SSSR count). The molecule has 1 heterocycles. The summed E-state index contributed by atoms with van der Waals surface area (Å²) < 4.78 is 13.2. The lowest BCUT2D eigenvalue weighted by molar-refractivity contribution is 0.628. The van der Waals surface area contributed by atoms with Gasteiger partial charge in [0, 0.05) is 15.6 Å². The van der Waals surface area contributed by atoms with Crippen molar-refractivity contribution in [3.63, 3.8) is 0 Å². The molecule has 1 unspecified atom stereocenters. The predicted molar refractivity (Wildman–Crippen MR) is 75.0 cm³/mol. The Morgan fingerprint density at radius 2 is 2.06 bits per heavy atom. The van der Waals surface area contributed by atoms with Crippen molar-refractivity contribution in [2.24, 2.45) is 0 Å². The maximum Gasteiger partial charge on any atom is 0.126 e. The van der Waals surface area contributed by atoms with Crippen molar-refractivity contribution in [2.75, 3.05) is 5.32 Å². The summed E-state index contributed by atoms with van der Waals surface area (Å²) in [6.45, 7) is 6.02. The summed E-state index contributed by atoms with van der Waals surface area (Å²) in [7, 11) is 0. The third-order valence-electron chi connectivity index (χ3n) is 2.60. The van der Waals surface area contributed by atoms with Gasteiger partial charge in [-0.3, -0.25) is 0 Å². The lowest BCUT2D eigenvalue weighted by Crippen LogP contribution is -2.08. The summed E-state index contributed by atoms with van der Waals surface area (Å²) in [5.74, 6) is -0.344. The molecule has 0 aliphatic carbocycles. The second kappa shape index (κ2) is 5.24. The van der Waals surface area contributed by atoms with Gasteiger partial charge in [-0.2, -0.15) is 0 Å². The molecule has 0 saturated carbocycles. The standard InChI is InChI=1S/C13H14ClFN2S/c1-7(13-8(2)18-9(3)17-13)16-12-5-10(14)4-11(15)6-12/h4-7,16H,1-3H3. The van der Waals surface area contributed by atoms with Crippen molar-refractivity contribution in [3.05, 3.63) is 44.6 Å². The van der Waals surface area contributed by atoms with Gasteiger partial charge < -0.3 is 5.32 Å². The summed E-state index contributed by atoms with van der Waals surface area (Å²) in [4.78, 5) is 5.66. The number of hydrogen-bond acceptors (Lipinski definition) is 3. The summed E-state index contributed by atoms with van der Waals surface area (Å²) in [5.41, 5.74) is 1.66. The lowest BCUT2D eigenvalue weighted by Gasteiger charge is -2.14. The molecule has 0 amide bonds. The van der Waals surface area contributed by atoms with Crippen molar-refractivity contribution in [2.45, 2.75) is 26.8 Å². The van der Waals surface area contributed by atoms with E-state index in [4.69, 9.17) is 11.6 Å². The largest absolute Gasteiger partial charge is 0.377 e. The Balaban J connectivity index is 2.20. The second-order valence-electron chi connectivity index (χ2n) is 4.20. The van der Waals surface area contributed by atoms with Crippen LogP contribution in [-0.4, -0.2) is 4.98 Å². The fourth-order valence-electron chi connectivity index (χ4n) is 1.90. The van der Waals surface area contributed by atoms with E-state index < -0.39 is 0 Å². The highest BCUT2D eigenvalue weighted by Gasteiger charge is 2.13. The highest BCUT2D eigenvalue weighted by molar-refractivity contribution is 7.11.